The molecular weight excluding hydrogens is 234 g/mol. The maximum absolute atomic E-state index is 11.7. The van der Waals surface area contributed by atoms with Crippen LogP contribution < -0.4 is 0 Å². The Hall–Kier alpha value is -1.83. The van der Waals surface area contributed by atoms with E-state index in [0.717, 1.165) is 16.3 Å². The lowest BCUT2D eigenvalue weighted by Crippen LogP contribution is -2.21. The second-order valence-corrected chi connectivity index (χ2v) is 3.76. The van der Waals surface area contributed by atoms with Gasteiger partial charge in [0.25, 0.3) is 5.91 Å². The maximum Gasteiger partial charge on any atom is 0.253 e. The van der Waals surface area contributed by atoms with Gasteiger partial charge >= 0.3 is 0 Å². The Morgan fingerprint density at radius 3 is 1.89 bits per heavy atom. The Kier molecular flexibility index (Phi) is 8.27. The largest absolute Gasteiger partial charge is 0.345 e. The summed E-state index contributed by atoms with van der Waals surface area (Å²) in [6.45, 7) is 8.00. The third kappa shape index (κ3) is 4.74. The van der Waals surface area contributed by atoms with Gasteiger partial charge in [-0.05, 0) is 22.9 Å². The molecule has 1 amide bonds. The zero-order chi connectivity index (χ0) is 14.8. The van der Waals surface area contributed by atoms with Gasteiger partial charge in [-0.15, -0.1) is 0 Å². The molecule has 0 heterocycles. The average molecular weight is 259 g/mol. The van der Waals surface area contributed by atoms with Gasteiger partial charge in [-0.2, -0.15) is 0 Å². The highest BCUT2D eigenvalue weighted by Crippen LogP contribution is 2.16. The van der Waals surface area contributed by atoms with Crippen molar-refractivity contribution in [2.24, 2.45) is 0 Å². The van der Waals surface area contributed by atoms with Gasteiger partial charge in [-0.3, -0.25) is 4.79 Å². The van der Waals surface area contributed by atoms with E-state index in [4.69, 9.17) is 0 Å². The fraction of sp³-hybridized carbons (Fsp3) is 0.353. The Morgan fingerprint density at radius 2 is 1.37 bits per heavy atom. The van der Waals surface area contributed by atoms with Gasteiger partial charge in [0.15, 0.2) is 0 Å². The Bertz CT molecular complexity index is 503. The van der Waals surface area contributed by atoms with Crippen LogP contribution in [-0.4, -0.2) is 24.9 Å². The normalized spacial score (nSPS) is 8.74. The van der Waals surface area contributed by atoms with Crippen molar-refractivity contribution in [1.82, 2.24) is 4.90 Å². The molecule has 0 aliphatic carbocycles. The number of carbonyl (C=O) groups is 1. The Morgan fingerprint density at radius 1 is 0.842 bits per heavy atom. The van der Waals surface area contributed by atoms with Gasteiger partial charge in [0, 0.05) is 19.7 Å². The van der Waals surface area contributed by atoms with Crippen molar-refractivity contribution in [3.8, 4) is 0 Å². The van der Waals surface area contributed by atoms with Crippen molar-refractivity contribution in [3.63, 3.8) is 0 Å². The van der Waals surface area contributed by atoms with Crippen molar-refractivity contribution < 1.29 is 4.79 Å². The summed E-state index contributed by atoms with van der Waals surface area (Å²) in [5, 5.41) is 2.26. The summed E-state index contributed by atoms with van der Waals surface area (Å²) in [5.41, 5.74) is 0.735. The molecule has 0 atom stereocenters. The molecule has 0 aliphatic rings. The van der Waals surface area contributed by atoms with Crippen molar-refractivity contribution >= 4 is 16.7 Å². The Balaban J connectivity index is 0.000000741. The average Bonchev–Trinajstić information content (AvgIpc) is 2.50. The van der Waals surface area contributed by atoms with E-state index in [9.17, 15) is 4.79 Å². The van der Waals surface area contributed by atoms with Crippen LogP contribution in [0.3, 0.4) is 0 Å². The van der Waals surface area contributed by atoms with E-state index in [1.807, 2.05) is 70.2 Å². The molecule has 104 valence electrons. The lowest BCUT2D eigenvalue weighted by Gasteiger charge is -2.10. The van der Waals surface area contributed by atoms with Gasteiger partial charge in [0.05, 0.1) is 0 Å². The van der Waals surface area contributed by atoms with Crippen molar-refractivity contribution in [3.05, 3.63) is 48.0 Å². The number of hydrogen-bond donors (Lipinski definition) is 0. The standard InChI is InChI=1S/C13H13NO.2C2H6/c1-14(2)13(15)12-8-7-10-5-3-4-6-11(10)9-12;2*1-2/h3-9H,1-2H3;2*1-2H3. The highest BCUT2D eigenvalue weighted by atomic mass is 16.2. The minimum absolute atomic E-state index is 0.0424. The van der Waals surface area contributed by atoms with E-state index < -0.39 is 0 Å². The number of rotatable bonds is 1. The first-order valence-electron chi connectivity index (χ1n) is 6.89. The molecule has 2 aromatic rings. The number of fused-ring (bicyclic) bond motifs is 1. The number of hydrogen-bond acceptors (Lipinski definition) is 1. The molecule has 0 bridgehead atoms. The van der Waals surface area contributed by atoms with Gasteiger partial charge < -0.3 is 4.90 Å². The van der Waals surface area contributed by atoms with Crippen molar-refractivity contribution in [1.29, 1.82) is 0 Å². The number of nitrogens with zero attached hydrogens (tertiary/aromatic N) is 1. The predicted molar refractivity (Wildman–Crippen MR) is 84.7 cm³/mol. The molecular formula is C17H25NO. The molecule has 0 saturated carbocycles. The molecule has 0 saturated heterocycles. The van der Waals surface area contributed by atoms with Crippen LogP contribution in [0.5, 0.6) is 0 Å². The smallest absolute Gasteiger partial charge is 0.253 e. The third-order valence-electron chi connectivity index (χ3n) is 2.40. The highest BCUT2D eigenvalue weighted by molar-refractivity contribution is 5.98. The Labute approximate surface area is 117 Å². The summed E-state index contributed by atoms with van der Waals surface area (Å²) in [6.07, 6.45) is 0. The molecule has 19 heavy (non-hydrogen) atoms. The summed E-state index contributed by atoms with van der Waals surface area (Å²) < 4.78 is 0. The quantitative estimate of drug-likeness (QED) is 0.733. The number of amides is 1. The lowest BCUT2D eigenvalue weighted by atomic mass is 10.1. The molecule has 0 radical (unpaired) electrons. The summed E-state index contributed by atoms with van der Waals surface area (Å²) in [7, 11) is 3.52. The van der Waals surface area contributed by atoms with E-state index in [1.54, 1.807) is 19.0 Å². The molecule has 0 N–H and O–H groups in total. The predicted octanol–water partition coefficient (Wildman–Crippen LogP) is 4.59. The SMILES string of the molecule is CC.CC.CN(C)C(=O)c1ccc2ccccc2c1. The highest BCUT2D eigenvalue weighted by Gasteiger charge is 2.07. The molecule has 2 aromatic carbocycles. The van der Waals surface area contributed by atoms with Crippen LogP contribution in [-0.2, 0) is 0 Å². The third-order valence-corrected chi connectivity index (χ3v) is 2.40. The van der Waals surface area contributed by atoms with E-state index in [2.05, 4.69) is 0 Å². The van der Waals surface area contributed by atoms with Crippen LogP contribution in [0.25, 0.3) is 10.8 Å². The second-order valence-electron chi connectivity index (χ2n) is 3.76. The summed E-state index contributed by atoms with van der Waals surface area (Å²) in [6, 6.07) is 13.8. The molecule has 0 aliphatic heterocycles. The van der Waals surface area contributed by atoms with Crippen LogP contribution in [0.1, 0.15) is 38.1 Å². The molecule has 0 fully saturated rings. The minimum Gasteiger partial charge on any atom is -0.345 e. The molecule has 0 unspecified atom stereocenters. The van der Waals surface area contributed by atoms with Crippen molar-refractivity contribution in [2.45, 2.75) is 27.7 Å². The van der Waals surface area contributed by atoms with Gasteiger partial charge in [-0.25, -0.2) is 0 Å². The molecule has 2 heteroatoms. The monoisotopic (exact) mass is 259 g/mol. The summed E-state index contributed by atoms with van der Waals surface area (Å²) in [4.78, 5) is 13.3. The van der Waals surface area contributed by atoms with Crippen LogP contribution in [0.15, 0.2) is 42.5 Å². The van der Waals surface area contributed by atoms with Gasteiger partial charge in [-0.1, -0.05) is 58.0 Å². The first kappa shape index (κ1) is 17.2. The van der Waals surface area contributed by atoms with Crippen LogP contribution in [0.2, 0.25) is 0 Å². The number of carbonyl (C=O) groups excluding carboxylic acids is 1. The minimum atomic E-state index is 0.0424. The zero-order valence-electron chi connectivity index (χ0n) is 12.9. The van der Waals surface area contributed by atoms with Crippen LogP contribution >= 0.6 is 0 Å². The number of benzene rings is 2. The van der Waals surface area contributed by atoms with Crippen molar-refractivity contribution in [2.75, 3.05) is 14.1 Å². The van der Waals surface area contributed by atoms with E-state index in [1.165, 1.54) is 0 Å². The molecule has 0 aromatic heterocycles. The van der Waals surface area contributed by atoms with E-state index in [-0.39, 0.29) is 5.91 Å². The summed E-state index contributed by atoms with van der Waals surface area (Å²) >= 11 is 0. The first-order valence-corrected chi connectivity index (χ1v) is 6.89. The zero-order valence-corrected chi connectivity index (χ0v) is 12.9. The van der Waals surface area contributed by atoms with E-state index >= 15 is 0 Å². The van der Waals surface area contributed by atoms with E-state index in [0.29, 0.717) is 0 Å². The molecule has 2 rings (SSSR count). The molecule has 2 nitrogen and oxygen atoms in total. The maximum atomic E-state index is 11.7. The topological polar surface area (TPSA) is 20.3 Å². The second kappa shape index (κ2) is 9.15. The van der Waals surface area contributed by atoms with Gasteiger partial charge in [0.2, 0.25) is 0 Å². The first-order chi connectivity index (χ1) is 9.18. The van der Waals surface area contributed by atoms with Crippen LogP contribution in [0.4, 0.5) is 0 Å². The lowest BCUT2D eigenvalue weighted by molar-refractivity contribution is 0.0828. The fourth-order valence-electron chi connectivity index (χ4n) is 1.58. The molecule has 0 spiro atoms. The van der Waals surface area contributed by atoms with Gasteiger partial charge in [0.1, 0.15) is 0 Å². The summed E-state index contributed by atoms with van der Waals surface area (Å²) in [5.74, 6) is 0.0424. The fourth-order valence-corrected chi connectivity index (χ4v) is 1.58. The van der Waals surface area contributed by atoms with Crippen LogP contribution in [0, 0.1) is 0 Å².